The Hall–Kier alpha value is -4.09. The second-order valence-electron chi connectivity index (χ2n) is 7.37. The molecule has 1 aromatic heterocycles. The molecule has 1 atom stereocenters. The van der Waals surface area contributed by atoms with Crippen molar-refractivity contribution in [3.8, 4) is 11.5 Å². The number of nitrogens with zero attached hydrogens (tertiary/aromatic N) is 1. The molecule has 0 spiro atoms. The first-order valence-corrected chi connectivity index (χ1v) is 9.73. The molecule has 0 aliphatic rings. The monoisotopic (exact) mass is 482 g/mol. The van der Waals surface area contributed by atoms with E-state index in [0.717, 1.165) is 41.0 Å². The lowest BCUT2D eigenvalue weighted by molar-refractivity contribution is -0.274. The van der Waals surface area contributed by atoms with Crippen molar-refractivity contribution in [1.82, 2.24) is 9.88 Å². The summed E-state index contributed by atoms with van der Waals surface area (Å²) < 4.78 is 56.2. The lowest BCUT2D eigenvalue weighted by atomic mass is 9.97. The molecule has 1 heterocycles. The molecular weight excluding hydrogens is 464 g/mol. The molecule has 0 fully saturated rings. The smallest absolute Gasteiger partial charge is 0.505 e. The first-order valence-electron chi connectivity index (χ1n) is 9.73. The van der Waals surface area contributed by atoms with Crippen molar-refractivity contribution in [2.45, 2.75) is 26.1 Å². The van der Waals surface area contributed by atoms with E-state index >= 15 is 0 Å². The van der Waals surface area contributed by atoms with Crippen LogP contribution in [-0.4, -0.2) is 45.5 Å². The van der Waals surface area contributed by atoms with Crippen LogP contribution in [0.2, 0.25) is 0 Å². The fraction of sp³-hybridized carbons (Fsp3) is 0.227. The summed E-state index contributed by atoms with van der Waals surface area (Å²) in [7, 11) is 0. The largest absolute Gasteiger partial charge is 0.573 e. The molecule has 0 saturated carbocycles. The third-order valence-electron chi connectivity index (χ3n) is 5.10. The van der Waals surface area contributed by atoms with Gasteiger partial charge < -0.3 is 20.3 Å². The summed E-state index contributed by atoms with van der Waals surface area (Å²) in [6, 6.07) is 6.00. The molecule has 1 amide bonds. The number of amides is 1. The molecule has 3 rings (SSSR count). The highest BCUT2D eigenvalue weighted by molar-refractivity contribution is 6.05. The summed E-state index contributed by atoms with van der Waals surface area (Å²) in [6.45, 7) is 2.26. The highest BCUT2D eigenvalue weighted by atomic mass is 19.4. The van der Waals surface area contributed by atoms with Gasteiger partial charge >= 0.3 is 12.3 Å². The predicted molar refractivity (Wildman–Crippen MR) is 110 cm³/mol. The zero-order valence-electron chi connectivity index (χ0n) is 17.7. The Balaban J connectivity index is 2.10. The zero-order chi connectivity index (χ0) is 25.4. The van der Waals surface area contributed by atoms with E-state index in [1.165, 1.54) is 13.8 Å². The number of hydrogen-bond donors (Lipinski definition) is 3. The molecule has 0 bridgehead atoms. The lowest BCUT2D eigenvalue weighted by Gasteiger charge is -2.13. The highest BCUT2D eigenvalue weighted by Gasteiger charge is 2.31. The van der Waals surface area contributed by atoms with Gasteiger partial charge in [-0.1, -0.05) is 0 Å². The maximum absolute atomic E-state index is 14.2. The third-order valence-corrected chi connectivity index (χ3v) is 5.10. The van der Waals surface area contributed by atoms with E-state index in [2.05, 4.69) is 10.1 Å². The first-order chi connectivity index (χ1) is 15.8. The van der Waals surface area contributed by atoms with E-state index in [9.17, 15) is 37.1 Å². The van der Waals surface area contributed by atoms with E-state index in [0.29, 0.717) is 0 Å². The number of hydrogen-bond acceptors (Lipinski definition) is 5. The standard InChI is InChI=1S/C22H18F4N2O6/c1-10(20(32)27-9-18(30)31)19-11(2)28(16-8-15(23)17(29)7-14(16)19)21(33)12-3-5-13(6-4-12)34-22(24,25)26/h3-8,10,29H,9H2,1-2H3,(H,27,32)(H,30,31). The number of ether oxygens (including phenoxy) is 1. The van der Waals surface area contributed by atoms with Crippen molar-refractivity contribution < 1.29 is 46.9 Å². The number of carbonyl (C=O) groups excluding carboxylic acids is 2. The van der Waals surface area contributed by atoms with Gasteiger partial charge in [-0.15, -0.1) is 13.2 Å². The first kappa shape index (κ1) is 24.6. The van der Waals surface area contributed by atoms with Crippen molar-refractivity contribution in [3.05, 3.63) is 59.0 Å². The molecule has 0 radical (unpaired) electrons. The number of benzene rings is 2. The Morgan fingerprint density at radius 2 is 1.76 bits per heavy atom. The zero-order valence-corrected chi connectivity index (χ0v) is 17.7. The van der Waals surface area contributed by atoms with Crippen LogP contribution in [0.3, 0.4) is 0 Å². The number of aromatic hydroxyl groups is 1. The van der Waals surface area contributed by atoms with E-state index in [1.807, 2.05) is 0 Å². The van der Waals surface area contributed by atoms with Gasteiger partial charge in [0.2, 0.25) is 5.91 Å². The summed E-state index contributed by atoms with van der Waals surface area (Å²) in [6.07, 6.45) is -4.91. The number of nitrogens with one attached hydrogen (secondary N) is 1. The van der Waals surface area contributed by atoms with Crippen molar-refractivity contribution in [1.29, 1.82) is 0 Å². The second-order valence-corrected chi connectivity index (χ2v) is 7.37. The van der Waals surface area contributed by atoms with Crippen LogP contribution in [0.25, 0.3) is 10.9 Å². The number of carboxylic acid groups (broad SMARTS) is 1. The van der Waals surface area contributed by atoms with Crippen LogP contribution in [0.4, 0.5) is 17.6 Å². The van der Waals surface area contributed by atoms with Crippen molar-refractivity contribution in [2.24, 2.45) is 0 Å². The number of aliphatic carboxylic acids is 1. The van der Waals surface area contributed by atoms with Gasteiger partial charge in [-0.25, -0.2) is 4.39 Å². The number of halogens is 4. The number of phenolic OH excluding ortho intramolecular Hbond substituents is 1. The van der Waals surface area contributed by atoms with Crippen molar-refractivity contribution >= 4 is 28.7 Å². The minimum absolute atomic E-state index is 0.00121. The summed E-state index contributed by atoms with van der Waals surface area (Å²) in [5.41, 5.74) is 0.371. The molecule has 180 valence electrons. The molecule has 0 aliphatic heterocycles. The summed E-state index contributed by atoms with van der Waals surface area (Å²) in [4.78, 5) is 36.5. The van der Waals surface area contributed by atoms with Crippen LogP contribution >= 0.6 is 0 Å². The molecule has 3 aromatic rings. The van der Waals surface area contributed by atoms with Crippen LogP contribution < -0.4 is 10.1 Å². The minimum atomic E-state index is -4.91. The number of carbonyl (C=O) groups is 3. The number of alkyl halides is 3. The van der Waals surface area contributed by atoms with E-state index < -0.39 is 53.9 Å². The van der Waals surface area contributed by atoms with Crippen LogP contribution in [0, 0.1) is 12.7 Å². The summed E-state index contributed by atoms with van der Waals surface area (Å²) >= 11 is 0. The maximum atomic E-state index is 14.2. The Labute approximate surface area is 189 Å². The van der Waals surface area contributed by atoms with Gasteiger partial charge in [0.25, 0.3) is 5.91 Å². The van der Waals surface area contributed by atoms with E-state index in [-0.39, 0.29) is 27.7 Å². The quantitative estimate of drug-likeness (QED) is 0.462. The fourth-order valence-electron chi connectivity index (χ4n) is 3.63. The predicted octanol–water partition coefficient (Wildman–Crippen LogP) is 3.69. The molecule has 34 heavy (non-hydrogen) atoms. The Kier molecular flexibility index (Phi) is 6.53. The Morgan fingerprint density at radius 1 is 1.15 bits per heavy atom. The minimum Gasteiger partial charge on any atom is -0.505 e. The van der Waals surface area contributed by atoms with Gasteiger partial charge in [0.05, 0.1) is 11.4 Å². The Bertz CT molecular complexity index is 1280. The third kappa shape index (κ3) is 4.95. The van der Waals surface area contributed by atoms with Crippen LogP contribution in [0.5, 0.6) is 11.5 Å². The number of fused-ring (bicyclic) bond motifs is 1. The van der Waals surface area contributed by atoms with Gasteiger partial charge in [0.1, 0.15) is 12.3 Å². The highest BCUT2D eigenvalue weighted by Crippen LogP contribution is 2.36. The van der Waals surface area contributed by atoms with E-state index in [4.69, 9.17) is 5.11 Å². The normalized spacial score (nSPS) is 12.4. The summed E-state index contributed by atoms with van der Waals surface area (Å²) in [5, 5.41) is 21.0. The van der Waals surface area contributed by atoms with Crippen LogP contribution in [0.1, 0.15) is 34.5 Å². The Morgan fingerprint density at radius 3 is 2.32 bits per heavy atom. The molecule has 0 saturated heterocycles. The van der Waals surface area contributed by atoms with Crippen LogP contribution in [-0.2, 0) is 9.59 Å². The fourth-order valence-corrected chi connectivity index (χ4v) is 3.63. The average molecular weight is 482 g/mol. The number of phenols is 1. The molecule has 3 N–H and O–H groups in total. The van der Waals surface area contributed by atoms with Gasteiger partial charge in [-0.3, -0.25) is 19.0 Å². The molecule has 2 aromatic carbocycles. The van der Waals surface area contributed by atoms with E-state index in [1.54, 1.807) is 0 Å². The second kappa shape index (κ2) is 9.04. The molecule has 8 nitrogen and oxygen atoms in total. The molecular formula is C22H18F4N2O6. The average Bonchev–Trinajstić information content (AvgIpc) is 3.01. The van der Waals surface area contributed by atoms with Crippen LogP contribution in [0.15, 0.2) is 36.4 Å². The van der Waals surface area contributed by atoms with Crippen molar-refractivity contribution in [3.63, 3.8) is 0 Å². The maximum Gasteiger partial charge on any atom is 0.573 e. The van der Waals surface area contributed by atoms with Gasteiger partial charge in [0, 0.05) is 22.7 Å². The van der Waals surface area contributed by atoms with Gasteiger partial charge in [0.15, 0.2) is 11.6 Å². The molecule has 0 aliphatic carbocycles. The van der Waals surface area contributed by atoms with Gasteiger partial charge in [-0.2, -0.15) is 0 Å². The SMILES string of the molecule is Cc1c(C(C)C(=O)NCC(=O)O)c2cc(O)c(F)cc2n1C(=O)c1ccc(OC(F)(F)F)cc1. The molecule has 1 unspecified atom stereocenters. The topological polar surface area (TPSA) is 118 Å². The number of carboxylic acids is 1. The number of rotatable bonds is 6. The van der Waals surface area contributed by atoms with Crippen molar-refractivity contribution in [2.75, 3.05) is 6.54 Å². The number of aromatic nitrogens is 1. The summed E-state index contributed by atoms with van der Waals surface area (Å²) in [5.74, 6) is -6.01. The van der Waals surface area contributed by atoms with Gasteiger partial charge in [-0.05, 0) is 49.7 Å². The molecule has 12 heteroatoms. The lowest BCUT2D eigenvalue weighted by Crippen LogP contribution is -2.32.